The maximum absolute atomic E-state index is 10.9. The van der Waals surface area contributed by atoms with E-state index in [0.29, 0.717) is 17.2 Å². The number of carboxylic acid groups (broad SMARTS) is 1. The predicted octanol–water partition coefficient (Wildman–Crippen LogP) is 2.58. The third kappa shape index (κ3) is 2.50. The molecule has 0 aromatic heterocycles. The molecule has 1 aliphatic rings. The molecule has 16 heavy (non-hydrogen) atoms. The summed E-state index contributed by atoms with van der Waals surface area (Å²) in [6.45, 7) is 0. The van der Waals surface area contributed by atoms with E-state index in [1.54, 1.807) is 6.07 Å². The van der Waals surface area contributed by atoms with Gasteiger partial charge in [-0.15, -0.1) is 0 Å². The summed E-state index contributed by atoms with van der Waals surface area (Å²) in [6.07, 6.45) is 2.24. The van der Waals surface area contributed by atoms with E-state index in [1.807, 2.05) is 17.8 Å². The fraction of sp³-hybridized carbons (Fsp3) is 0.417. The summed E-state index contributed by atoms with van der Waals surface area (Å²) < 4.78 is 0. The summed E-state index contributed by atoms with van der Waals surface area (Å²) in [7, 11) is 0. The van der Waals surface area contributed by atoms with Crippen LogP contribution in [0.4, 0.5) is 5.69 Å². The van der Waals surface area contributed by atoms with Crippen molar-refractivity contribution in [2.24, 2.45) is 0 Å². The molecular weight excluding hydrogens is 222 g/mol. The van der Waals surface area contributed by atoms with E-state index in [0.717, 1.165) is 29.9 Å². The highest BCUT2D eigenvalue weighted by molar-refractivity contribution is 7.99. The van der Waals surface area contributed by atoms with Gasteiger partial charge in [-0.25, -0.2) is 4.79 Å². The quantitative estimate of drug-likeness (QED) is 0.776. The first-order valence-electron chi connectivity index (χ1n) is 5.38. The van der Waals surface area contributed by atoms with Gasteiger partial charge in [-0.3, -0.25) is 0 Å². The average Bonchev–Trinajstić information content (AvgIpc) is 2.29. The Morgan fingerprint density at radius 1 is 1.31 bits per heavy atom. The SMILES string of the molecule is Nc1cc(C(=O)O)cc(C2CCSCC2)c1. The van der Waals surface area contributed by atoms with Gasteiger partial charge in [0, 0.05) is 5.69 Å². The topological polar surface area (TPSA) is 63.3 Å². The molecular formula is C12H15NO2S. The molecule has 86 valence electrons. The Morgan fingerprint density at radius 2 is 2.00 bits per heavy atom. The van der Waals surface area contributed by atoms with Crippen LogP contribution >= 0.6 is 11.8 Å². The van der Waals surface area contributed by atoms with Gasteiger partial charge in [0.2, 0.25) is 0 Å². The number of carboxylic acids is 1. The molecule has 0 unspecified atom stereocenters. The van der Waals surface area contributed by atoms with Crippen molar-refractivity contribution in [2.45, 2.75) is 18.8 Å². The number of benzene rings is 1. The number of carbonyl (C=O) groups is 1. The van der Waals surface area contributed by atoms with E-state index in [2.05, 4.69) is 0 Å². The van der Waals surface area contributed by atoms with Gasteiger partial charge in [0.25, 0.3) is 0 Å². The first-order valence-corrected chi connectivity index (χ1v) is 6.54. The molecule has 0 spiro atoms. The summed E-state index contributed by atoms with van der Waals surface area (Å²) in [4.78, 5) is 10.9. The highest BCUT2D eigenvalue weighted by Crippen LogP contribution is 2.32. The van der Waals surface area contributed by atoms with Crippen LogP contribution in [0.2, 0.25) is 0 Å². The Balaban J connectivity index is 2.28. The van der Waals surface area contributed by atoms with Gasteiger partial charge in [0.05, 0.1) is 5.56 Å². The number of rotatable bonds is 2. The lowest BCUT2D eigenvalue weighted by Crippen LogP contribution is -2.09. The second kappa shape index (κ2) is 4.78. The van der Waals surface area contributed by atoms with E-state index >= 15 is 0 Å². The van der Waals surface area contributed by atoms with E-state index < -0.39 is 5.97 Å². The molecule has 2 rings (SSSR count). The van der Waals surface area contributed by atoms with Gasteiger partial charge in [-0.2, -0.15) is 11.8 Å². The first-order chi connectivity index (χ1) is 7.66. The Bertz CT molecular complexity index is 400. The lowest BCUT2D eigenvalue weighted by molar-refractivity contribution is 0.0697. The number of nitrogens with two attached hydrogens (primary N) is 1. The second-order valence-electron chi connectivity index (χ2n) is 4.08. The molecule has 1 heterocycles. The monoisotopic (exact) mass is 237 g/mol. The highest BCUT2D eigenvalue weighted by Gasteiger charge is 2.17. The number of anilines is 1. The predicted molar refractivity (Wildman–Crippen MR) is 67.1 cm³/mol. The van der Waals surface area contributed by atoms with Crippen LogP contribution in [0.1, 0.15) is 34.7 Å². The number of thioether (sulfide) groups is 1. The molecule has 1 fully saturated rings. The summed E-state index contributed by atoms with van der Waals surface area (Å²) in [5.74, 6) is 1.88. The van der Waals surface area contributed by atoms with Crippen LogP contribution in [0.15, 0.2) is 18.2 Å². The van der Waals surface area contributed by atoms with Crippen molar-refractivity contribution in [3.8, 4) is 0 Å². The van der Waals surface area contributed by atoms with Crippen molar-refractivity contribution in [1.29, 1.82) is 0 Å². The largest absolute Gasteiger partial charge is 0.478 e. The minimum atomic E-state index is -0.904. The molecule has 1 aromatic rings. The van der Waals surface area contributed by atoms with Crippen molar-refractivity contribution in [1.82, 2.24) is 0 Å². The molecule has 1 saturated heterocycles. The van der Waals surface area contributed by atoms with Crippen LogP contribution in [0.3, 0.4) is 0 Å². The zero-order valence-corrected chi connectivity index (χ0v) is 9.80. The molecule has 0 radical (unpaired) electrons. The molecule has 3 nitrogen and oxygen atoms in total. The minimum absolute atomic E-state index is 0.299. The third-order valence-electron chi connectivity index (χ3n) is 2.92. The van der Waals surface area contributed by atoms with Crippen LogP contribution in [0.25, 0.3) is 0 Å². The van der Waals surface area contributed by atoms with Crippen molar-refractivity contribution in [3.63, 3.8) is 0 Å². The lowest BCUT2D eigenvalue weighted by Gasteiger charge is -2.22. The summed E-state index contributed by atoms with van der Waals surface area (Å²) >= 11 is 1.96. The summed E-state index contributed by atoms with van der Waals surface area (Å²) in [5.41, 5.74) is 7.67. The Morgan fingerprint density at radius 3 is 2.62 bits per heavy atom. The Kier molecular flexibility index (Phi) is 3.39. The van der Waals surface area contributed by atoms with Crippen molar-refractivity contribution >= 4 is 23.4 Å². The standard InChI is InChI=1S/C12H15NO2S/c13-11-6-9(5-10(7-11)12(14)15)8-1-3-16-4-2-8/h5-8H,1-4,13H2,(H,14,15). The van der Waals surface area contributed by atoms with Gasteiger partial charge >= 0.3 is 5.97 Å². The van der Waals surface area contributed by atoms with Gasteiger partial charge in [0.1, 0.15) is 0 Å². The average molecular weight is 237 g/mol. The fourth-order valence-electron chi connectivity index (χ4n) is 2.07. The fourth-order valence-corrected chi connectivity index (χ4v) is 3.17. The molecule has 0 amide bonds. The minimum Gasteiger partial charge on any atom is -0.478 e. The van der Waals surface area contributed by atoms with Crippen LogP contribution in [0, 0.1) is 0 Å². The third-order valence-corrected chi connectivity index (χ3v) is 3.97. The molecule has 0 atom stereocenters. The van der Waals surface area contributed by atoms with Crippen molar-refractivity contribution in [2.75, 3.05) is 17.2 Å². The van der Waals surface area contributed by atoms with Crippen molar-refractivity contribution < 1.29 is 9.90 Å². The summed E-state index contributed by atoms with van der Waals surface area (Å²) in [6, 6.07) is 5.19. The zero-order chi connectivity index (χ0) is 11.5. The highest BCUT2D eigenvalue weighted by atomic mass is 32.2. The Labute approximate surface area is 99.0 Å². The van der Waals surface area contributed by atoms with Gasteiger partial charge < -0.3 is 10.8 Å². The molecule has 1 aromatic carbocycles. The van der Waals surface area contributed by atoms with Crippen LogP contribution in [-0.4, -0.2) is 22.6 Å². The molecule has 1 aliphatic heterocycles. The van der Waals surface area contributed by atoms with Gasteiger partial charge in [-0.1, -0.05) is 0 Å². The first kappa shape index (κ1) is 11.3. The van der Waals surface area contributed by atoms with Gasteiger partial charge in [0.15, 0.2) is 0 Å². The van der Waals surface area contributed by atoms with Crippen molar-refractivity contribution in [3.05, 3.63) is 29.3 Å². The number of nitrogen functional groups attached to an aromatic ring is 1. The van der Waals surface area contributed by atoms with Gasteiger partial charge in [-0.05, 0) is 54.0 Å². The van der Waals surface area contributed by atoms with E-state index in [-0.39, 0.29) is 0 Å². The Hall–Kier alpha value is -1.16. The molecule has 0 bridgehead atoms. The van der Waals surface area contributed by atoms with E-state index in [4.69, 9.17) is 10.8 Å². The molecule has 0 saturated carbocycles. The maximum Gasteiger partial charge on any atom is 0.335 e. The normalized spacial score (nSPS) is 17.2. The maximum atomic E-state index is 10.9. The number of aromatic carboxylic acids is 1. The van der Waals surface area contributed by atoms with E-state index in [1.165, 1.54) is 6.07 Å². The molecule has 0 aliphatic carbocycles. The molecule has 4 heteroatoms. The van der Waals surface area contributed by atoms with Crippen LogP contribution in [0.5, 0.6) is 0 Å². The summed E-state index contributed by atoms with van der Waals surface area (Å²) in [5, 5.41) is 8.97. The molecule has 3 N–H and O–H groups in total. The smallest absolute Gasteiger partial charge is 0.335 e. The lowest BCUT2D eigenvalue weighted by atomic mass is 9.92. The number of hydrogen-bond donors (Lipinski definition) is 2. The van der Waals surface area contributed by atoms with E-state index in [9.17, 15) is 4.79 Å². The van der Waals surface area contributed by atoms with Crippen LogP contribution in [-0.2, 0) is 0 Å². The zero-order valence-electron chi connectivity index (χ0n) is 8.98. The van der Waals surface area contributed by atoms with Crippen LogP contribution < -0.4 is 5.73 Å². The number of hydrogen-bond acceptors (Lipinski definition) is 3. The second-order valence-corrected chi connectivity index (χ2v) is 5.30.